The average molecular weight is 524 g/mol. The number of aromatic nitrogens is 3. The van der Waals surface area contributed by atoms with E-state index in [1.165, 1.54) is 47.6 Å². The van der Waals surface area contributed by atoms with Crippen LogP contribution >= 0.6 is 0 Å². The first-order valence-corrected chi connectivity index (χ1v) is 14.9. The Kier molecular flexibility index (Phi) is 12.7. The van der Waals surface area contributed by atoms with Gasteiger partial charge in [-0.05, 0) is 70.4 Å². The van der Waals surface area contributed by atoms with E-state index in [0.29, 0.717) is 17.8 Å². The SMILES string of the molecule is CC(C)c1cc(C(C)(C)C)cn1C.CC(C)c1cccn1C.CCCCn1cc(C(C)(C)C)cc1C(C)C. The molecule has 3 rings (SSSR count). The van der Waals surface area contributed by atoms with Gasteiger partial charge in [0.25, 0.3) is 0 Å². The second-order valence-electron chi connectivity index (χ2n) is 14.0. The Morgan fingerprint density at radius 1 is 0.658 bits per heavy atom. The number of hydrogen-bond acceptors (Lipinski definition) is 0. The molecule has 3 aromatic heterocycles. The van der Waals surface area contributed by atoms with Gasteiger partial charge in [0.1, 0.15) is 0 Å². The number of aryl methyl sites for hydroxylation is 3. The molecule has 0 amide bonds. The van der Waals surface area contributed by atoms with Gasteiger partial charge in [-0.1, -0.05) is 96.4 Å². The molecule has 0 fully saturated rings. The predicted molar refractivity (Wildman–Crippen MR) is 170 cm³/mol. The molecule has 0 unspecified atom stereocenters. The van der Waals surface area contributed by atoms with Crippen LogP contribution in [-0.4, -0.2) is 13.7 Å². The van der Waals surface area contributed by atoms with E-state index in [2.05, 4.69) is 161 Å². The molecule has 0 saturated carbocycles. The maximum absolute atomic E-state index is 2.45. The smallest absolute Gasteiger partial charge is 0.0222 e. The van der Waals surface area contributed by atoms with Crippen molar-refractivity contribution in [3.8, 4) is 0 Å². The zero-order valence-corrected chi connectivity index (χ0v) is 27.7. The van der Waals surface area contributed by atoms with Crippen LogP contribution in [0.15, 0.2) is 42.9 Å². The molecule has 38 heavy (non-hydrogen) atoms. The van der Waals surface area contributed by atoms with Crippen LogP contribution in [-0.2, 0) is 31.5 Å². The highest BCUT2D eigenvalue weighted by Gasteiger charge is 2.19. The standard InChI is InChI=1S/C15H27N.C12H21N.C8H13N/c1-7-8-9-16-11-13(15(4,5)6)10-14(16)12(2)3;1-9(2)11-7-10(8-13(11)6)12(3,4)5;1-7(2)8-5-4-6-9(8)3/h10-12H,7-9H2,1-6H3;7-9H,1-6H3;4-7H,1-3H3. The molecule has 3 heteroatoms. The van der Waals surface area contributed by atoms with E-state index in [1.807, 2.05) is 0 Å². The van der Waals surface area contributed by atoms with Crippen LogP contribution in [0.5, 0.6) is 0 Å². The maximum Gasteiger partial charge on any atom is 0.0222 e. The summed E-state index contributed by atoms with van der Waals surface area (Å²) in [5.74, 6) is 1.87. The van der Waals surface area contributed by atoms with Gasteiger partial charge in [0.2, 0.25) is 0 Å². The molecule has 3 heterocycles. The van der Waals surface area contributed by atoms with E-state index in [4.69, 9.17) is 0 Å². The van der Waals surface area contributed by atoms with Crippen LogP contribution in [0, 0.1) is 0 Å². The molecule has 0 aliphatic heterocycles. The summed E-state index contributed by atoms with van der Waals surface area (Å²) in [5.41, 5.74) is 7.73. The summed E-state index contributed by atoms with van der Waals surface area (Å²) in [7, 11) is 4.21. The second kappa shape index (κ2) is 14.3. The molecule has 0 aliphatic carbocycles. The number of rotatable bonds is 6. The summed E-state index contributed by atoms with van der Waals surface area (Å²) in [6.45, 7) is 30.5. The molecular formula is C35H61N3. The first-order valence-electron chi connectivity index (χ1n) is 14.9. The molecule has 0 aromatic carbocycles. The van der Waals surface area contributed by atoms with Crippen LogP contribution in [0.3, 0.4) is 0 Å². The monoisotopic (exact) mass is 523 g/mol. The lowest BCUT2D eigenvalue weighted by Crippen LogP contribution is -2.09. The van der Waals surface area contributed by atoms with Crippen LogP contribution in [0.4, 0.5) is 0 Å². The Bertz CT molecular complexity index is 1070. The van der Waals surface area contributed by atoms with Crippen LogP contribution in [0.2, 0.25) is 0 Å². The summed E-state index contributed by atoms with van der Waals surface area (Å²) < 4.78 is 6.85. The molecule has 0 bridgehead atoms. The van der Waals surface area contributed by atoms with Gasteiger partial charge in [0.05, 0.1) is 0 Å². The Morgan fingerprint density at radius 3 is 1.45 bits per heavy atom. The highest BCUT2D eigenvalue weighted by molar-refractivity contribution is 5.28. The van der Waals surface area contributed by atoms with E-state index in [9.17, 15) is 0 Å². The largest absolute Gasteiger partial charge is 0.354 e. The minimum absolute atomic E-state index is 0.265. The van der Waals surface area contributed by atoms with Gasteiger partial charge < -0.3 is 13.7 Å². The fourth-order valence-corrected chi connectivity index (χ4v) is 4.59. The molecule has 0 saturated heterocycles. The lowest BCUT2D eigenvalue weighted by atomic mass is 9.89. The van der Waals surface area contributed by atoms with Gasteiger partial charge in [0, 0.05) is 56.3 Å². The topological polar surface area (TPSA) is 14.8 Å². The molecule has 3 nitrogen and oxygen atoms in total. The molecule has 216 valence electrons. The zero-order chi connectivity index (χ0) is 29.4. The van der Waals surface area contributed by atoms with E-state index in [1.54, 1.807) is 0 Å². The zero-order valence-electron chi connectivity index (χ0n) is 27.7. The van der Waals surface area contributed by atoms with Crippen LogP contribution < -0.4 is 0 Å². The molecule has 0 N–H and O–H groups in total. The van der Waals surface area contributed by atoms with Gasteiger partial charge in [-0.2, -0.15) is 0 Å². The third-order valence-electron chi connectivity index (χ3n) is 7.22. The Hall–Kier alpha value is -2.16. The average Bonchev–Trinajstić information content (AvgIpc) is 3.50. The normalized spacial score (nSPS) is 12.1. The first kappa shape index (κ1) is 33.9. The Labute approximate surface area is 236 Å². The van der Waals surface area contributed by atoms with Crippen LogP contribution in [0.25, 0.3) is 0 Å². The van der Waals surface area contributed by atoms with E-state index < -0.39 is 0 Å². The van der Waals surface area contributed by atoms with Crippen molar-refractivity contribution in [2.75, 3.05) is 0 Å². The van der Waals surface area contributed by atoms with Crippen molar-refractivity contribution in [3.63, 3.8) is 0 Å². The maximum atomic E-state index is 2.45. The van der Waals surface area contributed by atoms with Gasteiger partial charge in [-0.15, -0.1) is 0 Å². The van der Waals surface area contributed by atoms with Crippen LogP contribution in [0.1, 0.15) is 149 Å². The van der Waals surface area contributed by atoms with Crippen molar-refractivity contribution in [2.45, 2.75) is 138 Å². The van der Waals surface area contributed by atoms with E-state index in [0.717, 1.165) is 0 Å². The summed E-state index contributed by atoms with van der Waals surface area (Å²) in [6.07, 6.45) is 9.22. The predicted octanol–water partition coefficient (Wildman–Crippen LogP) is 10.3. The number of unbranched alkanes of at least 4 members (excludes halogenated alkanes) is 1. The molecule has 0 aliphatic rings. The molecule has 0 radical (unpaired) electrons. The van der Waals surface area contributed by atoms with E-state index >= 15 is 0 Å². The summed E-state index contributed by atoms with van der Waals surface area (Å²) >= 11 is 0. The summed E-state index contributed by atoms with van der Waals surface area (Å²) in [5, 5.41) is 0. The van der Waals surface area contributed by atoms with Crippen molar-refractivity contribution >= 4 is 0 Å². The fraction of sp³-hybridized carbons (Fsp3) is 0.657. The summed E-state index contributed by atoms with van der Waals surface area (Å²) in [6, 6.07) is 8.95. The fourth-order valence-electron chi connectivity index (χ4n) is 4.59. The first-order chi connectivity index (χ1) is 17.4. The second-order valence-corrected chi connectivity index (χ2v) is 14.0. The molecule has 0 spiro atoms. The highest BCUT2D eigenvalue weighted by atomic mass is 15.0. The third-order valence-corrected chi connectivity index (χ3v) is 7.22. The third kappa shape index (κ3) is 10.2. The molecule has 0 atom stereocenters. The minimum atomic E-state index is 0.265. The summed E-state index contributed by atoms with van der Waals surface area (Å²) in [4.78, 5) is 0. The molecule has 3 aromatic rings. The van der Waals surface area contributed by atoms with Gasteiger partial charge in [0.15, 0.2) is 0 Å². The number of nitrogens with zero attached hydrogens (tertiary/aromatic N) is 3. The lowest BCUT2D eigenvalue weighted by molar-refractivity contribution is 0.574. The minimum Gasteiger partial charge on any atom is -0.354 e. The quantitative estimate of drug-likeness (QED) is 0.305. The molecular weight excluding hydrogens is 462 g/mol. The van der Waals surface area contributed by atoms with Crippen molar-refractivity contribution in [1.29, 1.82) is 0 Å². The van der Waals surface area contributed by atoms with Crippen molar-refractivity contribution < 1.29 is 0 Å². The van der Waals surface area contributed by atoms with Gasteiger partial charge in [-0.3, -0.25) is 0 Å². The number of hydrogen-bond donors (Lipinski definition) is 0. The van der Waals surface area contributed by atoms with Crippen molar-refractivity contribution in [3.05, 3.63) is 71.1 Å². The van der Waals surface area contributed by atoms with Crippen molar-refractivity contribution in [2.24, 2.45) is 14.1 Å². The Morgan fingerprint density at radius 2 is 1.13 bits per heavy atom. The highest BCUT2D eigenvalue weighted by Crippen LogP contribution is 2.28. The van der Waals surface area contributed by atoms with Gasteiger partial charge >= 0.3 is 0 Å². The van der Waals surface area contributed by atoms with Crippen molar-refractivity contribution in [1.82, 2.24) is 13.7 Å². The van der Waals surface area contributed by atoms with E-state index in [-0.39, 0.29) is 10.8 Å². The van der Waals surface area contributed by atoms with Gasteiger partial charge in [-0.25, -0.2) is 0 Å². The lowest BCUT2D eigenvalue weighted by Gasteiger charge is -2.16. The Balaban J connectivity index is 0.000000296.